The monoisotopic (exact) mass is 245 g/mol. The third-order valence-corrected chi connectivity index (χ3v) is 2.38. The van der Waals surface area contributed by atoms with Gasteiger partial charge in [-0.2, -0.15) is 0 Å². The number of nitrogens with zero attached hydrogens (tertiary/aromatic N) is 2. The molecular formula is C13H15N3O2. The summed E-state index contributed by atoms with van der Waals surface area (Å²) in [5, 5.41) is 13.0. The van der Waals surface area contributed by atoms with Gasteiger partial charge >= 0.3 is 5.97 Å². The highest BCUT2D eigenvalue weighted by atomic mass is 16.4. The van der Waals surface area contributed by atoms with Crippen molar-refractivity contribution in [1.29, 1.82) is 0 Å². The van der Waals surface area contributed by atoms with Gasteiger partial charge in [-0.05, 0) is 39.0 Å². The van der Waals surface area contributed by atoms with Crippen LogP contribution in [0, 0.1) is 0 Å². The van der Waals surface area contributed by atoms with Crippen molar-refractivity contribution >= 4 is 22.7 Å². The van der Waals surface area contributed by atoms with Crippen LogP contribution in [0.25, 0.3) is 10.9 Å². The fourth-order valence-corrected chi connectivity index (χ4v) is 1.64. The summed E-state index contributed by atoms with van der Waals surface area (Å²) in [4.78, 5) is 19.2. The number of nitrogens with one attached hydrogen (secondary N) is 1. The molecule has 0 aliphatic carbocycles. The zero-order valence-corrected chi connectivity index (χ0v) is 10.6. The van der Waals surface area contributed by atoms with Crippen LogP contribution in [0.15, 0.2) is 24.5 Å². The maximum absolute atomic E-state index is 10.9. The minimum atomic E-state index is -0.958. The zero-order valence-electron chi connectivity index (χ0n) is 10.6. The summed E-state index contributed by atoms with van der Waals surface area (Å²) in [7, 11) is 0. The number of hydrogen-bond donors (Lipinski definition) is 2. The minimum absolute atomic E-state index is 0.118. The van der Waals surface area contributed by atoms with Gasteiger partial charge in [-0.1, -0.05) is 0 Å². The van der Waals surface area contributed by atoms with E-state index in [1.54, 1.807) is 18.2 Å². The molecule has 1 aromatic carbocycles. The Balaban J connectivity index is 2.54. The van der Waals surface area contributed by atoms with Crippen molar-refractivity contribution in [2.75, 3.05) is 5.32 Å². The van der Waals surface area contributed by atoms with Gasteiger partial charge in [0.2, 0.25) is 0 Å². The lowest BCUT2D eigenvalue weighted by atomic mass is 10.1. The first-order valence-corrected chi connectivity index (χ1v) is 5.63. The Kier molecular flexibility index (Phi) is 2.90. The van der Waals surface area contributed by atoms with E-state index in [2.05, 4.69) is 15.3 Å². The van der Waals surface area contributed by atoms with Crippen LogP contribution in [0.2, 0.25) is 0 Å². The van der Waals surface area contributed by atoms with E-state index in [0.29, 0.717) is 11.3 Å². The average molecular weight is 245 g/mol. The standard InChI is InChI=1S/C13H15N3O2/c1-13(2,3)16-11-9-5-4-8(12(17)18)6-10(9)14-7-15-11/h4-7H,1-3H3,(H,17,18)(H,14,15,16). The predicted octanol–water partition coefficient (Wildman–Crippen LogP) is 2.54. The Labute approximate surface area is 105 Å². The van der Waals surface area contributed by atoms with Crippen LogP contribution in [0.3, 0.4) is 0 Å². The zero-order chi connectivity index (χ0) is 13.3. The molecule has 0 radical (unpaired) electrons. The summed E-state index contributed by atoms with van der Waals surface area (Å²) in [6.45, 7) is 6.10. The van der Waals surface area contributed by atoms with Gasteiger partial charge in [0, 0.05) is 10.9 Å². The second-order valence-electron chi connectivity index (χ2n) is 5.13. The number of aromatic nitrogens is 2. The number of carboxylic acids is 1. The molecule has 0 fully saturated rings. The lowest BCUT2D eigenvalue weighted by molar-refractivity contribution is 0.0697. The topological polar surface area (TPSA) is 75.1 Å². The molecule has 1 heterocycles. The van der Waals surface area contributed by atoms with E-state index < -0.39 is 5.97 Å². The van der Waals surface area contributed by atoms with Crippen molar-refractivity contribution in [3.8, 4) is 0 Å². The predicted molar refractivity (Wildman–Crippen MR) is 69.9 cm³/mol. The Bertz CT molecular complexity index is 603. The van der Waals surface area contributed by atoms with Crippen LogP contribution in [0.1, 0.15) is 31.1 Å². The van der Waals surface area contributed by atoms with E-state index in [-0.39, 0.29) is 11.1 Å². The summed E-state index contributed by atoms with van der Waals surface area (Å²) >= 11 is 0. The third kappa shape index (κ3) is 2.56. The van der Waals surface area contributed by atoms with Gasteiger partial charge in [-0.15, -0.1) is 0 Å². The van der Waals surface area contributed by atoms with E-state index >= 15 is 0 Å². The van der Waals surface area contributed by atoms with Crippen LogP contribution in [0.4, 0.5) is 5.82 Å². The summed E-state index contributed by atoms with van der Waals surface area (Å²) in [6, 6.07) is 4.84. The second kappa shape index (κ2) is 4.25. The molecule has 0 saturated carbocycles. The number of aromatic carboxylic acids is 1. The lowest BCUT2D eigenvalue weighted by Crippen LogP contribution is -2.26. The van der Waals surface area contributed by atoms with Crippen LogP contribution in [0.5, 0.6) is 0 Å². The van der Waals surface area contributed by atoms with E-state index in [4.69, 9.17) is 5.11 Å². The molecule has 1 aromatic heterocycles. The Morgan fingerprint density at radius 1 is 1.28 bits per heavy atom. The maximum atomic E-state index is 10.9. The van der Waals surface area contributed by atoms with Gasteiger partial charge in [0.05, 0.1) is 11.1 Å². The van der Waals surface area contributed by atoms with Crippen LogP contribution >= 0.6 is 0 Å². The fourth-order valence-electron chi connectivity index (χ4n) is 1.64. The number of carboxylic acid groups (broad SMARTS) is 1. The van der Waals surface area contributed by atoms with Crippen molar-refractivity contribution in [2.45, 2.75) is 26.3 Å². The second-order valence-corrected chi connectivity index (χ2v) is 5.13. The normalized spacial score (nSPS) is 11.5. The third-order valence-electron chi connectivity index (χ3n) is 2.38. The van der Waals surface area contributed by atoms with E-state index in [1.807, 2.05) is 20.8 Å². The van der Waals surface area contributed by atoms with Crippen molar-refractivity contribution in [1.82, 2.24) is 9.97 Å². The molecule has 0 bridgehead atoms. The van der Waals surface area contributed by atoms with E-state index in [1.165, 1.54) is 6.33 Å². The fraction of sp³-hybridized carbons (Fsp3) is 0.308. The van der Waals surface area contributed by atoms with Gasteiger partial charge in [-0.25, -0.2) is 14.8 Å². The highest BCUT2D eigenvalue weighted by molar-refractivity contribution is 5.96. The van der Waals surface area contributed by atoms with Gasteiger partial charge in [0.1, 0.15) is 12.1 Å². The van der Waals surface area contributed by atoms with Crippen molar-refractivity contribution in [3.63, 3.8) is 0 Å². The van der Waals surface area contributed by atoms with Crippen LogP contribution in [-0.4, -0.2) is 26.6 Å². The van der Waals surface area contributed by atoms with Gasteiger partial charge in [0.25, 0.3) is 0 Å². The molecular weight excluding hydrogens is 230 g/mol. The molecule has 2 aromatic rings. The number of fused-ring (bicyclic) bond motifs is 1. The number of hydrogen-bond acceptors (Lipinski definition) is 4. The van der Waals surface area contributed by atoms with Crippen LogP contribution < -0.4 is 5.32 Å². The SMILES string of the molecule is CC(C)(C)Nc1ncnc2cc(C(=O)O)ccc12. The average Bonchev–Trinajstić information content (AvgIpc) is 2.26. The molecule has 0 atom stereocenters. The summed E-state index contributed by atoms with van der Waals surface area (Å²) in [6.07, 6.45) is 1.43. The largest absolute Gasteiger partial charge is 0.478 e. The molecule has 0 amide bonds. The Morgan fingerprint density at radius 3 is 2.61 bits per heavy atom. The molecule has 0 unspecified atom stereocenters. The molecule has 0 aliphatic heterocycles. The van der Waals surface area contributed by atoms with E-state index in [9.17, 15) is 4.79 Å². The first-order valence-electron chi connectivity index (χ1n) is 5.63. The summed E-state index contributed by atoms with van der Waals surface area (Å²) < 4.78 is 0. The maximum Gasteiger partial charge on any atom is 0.335 e. The first-order chi connectivity index (χ1) is 8.37. The highest BCUT2D eigenvalue weighted by Crippen LogP contribution is 2.23. The van der Waals surface area contributed by atoms with Gasteiger partial charge < -0.3 is 10.4 Å². The van der Waals surface area contributed by atoms with Crippen LogP contribution in [-0.2, 0) is 0 Å². The van der Waals surface area contributed by atoms with Crippen molar-refractivity contribution in [2.24, 2.45) is 0 Å². The van der Waals surface area contributed by atoms with Crippen molar-refractivity contribution < 1.29 is 9.90 Å². The van der Waals surface area contributed by atoms with Gasteiger partial charge in [-0.3, -0.25) is 0 Å². The Morgan fingerprint density at radius 2 is 2.00 bits per heavy atom. The first kappa shape index (κ1) is 12.3. The Hall–Kier alpha value is -2.17. The number of benzene rings is 1. The molecule has 0 saturated heterocycles. The highest BCUT2D eigenvalue weighted by Gasteiger charge is 2.13. The van der Waals surface area contributed by atoms with Crippen molar-refractivity contribution in [3.05, 3.63) is 30.1 Å². The smallest absolute Gasteiger partial charge is 0.335 e. The molecule has 5 nitrogen and oxygen atoms in total. The molecule has 0 spiro atoms. The molecule has 2 rings (SSSR count). The lowest BCUT2D eigenvalue weighted by Gasteiger charge is -2.22. The minimum Gasteiger partial charge on any atom is -0.478 e. The number of carbonyl (C=O) groups is 1. The molecule has 5 heteroatoms. The molecule has 18 heavy (non-hydrogen) atoms. The number of anilines is 1. The summed E-state index contributed by atoms with van der Waals surface area (Å²) in [5.74, 6) is -0.245. The van der Waals surface area contributed by atoms with Gasteiger partial charge in [0.15, 0.2) is 0 Å². The van der Waals surface area contributed by atoms with E-state index in [0.717, 1.165) is 5.39 Å². The summed E-state index contributed by atoms with van der Waals surface area (Å²) in [5.41, 5.74) is 0.729. The molecule has 0 aliphatic rings. The molecule has 94 valence electrons. The quantitative estimate of drug-likeness (QED) is 0.850. The molecule has 2 N–H and O–H groups in total. The number of rotatable bonds is 2.